The monoisotopic (exact) mass is 431 g/mol. The van der Waals surface area contributed by atoms with Crippen LogP contribution < -0.4 is 5.73 Å². The molecule has 1 unspecified atom stereocenters. The van der Waals surface area contributed by atoms with Crippen molar-refractivity contribution in [1.82, 2.24) is 9.21 Å². The average Bonchev–Trinajstić information content (AvgIpc) is 2.64. The summed E-state index contributed by atoms with van der Waals surface area (Å²) in [5, 5.41) is 0. The van der Waals surface area contributed by atoms with Crippen molar-refractivity contribution in [2.75, 3.05) is 39.4 Å². The molecule has 7 nitrogen and oxygen atoms in total. The molecule has 0 spiro atoms. The van der Waals surface area contributed by atoms with Crippen molar-refractivity contribution in [3.63, 3.8) is 0 Å². The molecule has 2 heterocycles. The van der Waals surface area contributed by atoms with Gasteiger partial charge < -0.3 is 15.4 Å². The van der Waals surface area contributed by atoms with Crippen molar-refractivity contribution < 1.29 is 17.9 Å². The fourth-order valence-electron chi connectivity index (χ4n) is 3.67. The maximum absolute atomic E-state index is 13.0. The van der Waals surface area contributed by atoms with Crippen molar-refractivity contribution in [1.29, 1.82) is 0 Å². The Labute approximate surface area is 173 Å². The van der Waals surface area contributed by atoms with Gasteiger partial charge in [0.1, 0.15) is 0 Å². The molecular formula is C19H30ClN3O4S. The Morgan fingerprint density at radius 3 is 2.46 bits per heavy atom. The minimum atomic E-state index is -3.65. The lowest BCUT2D eigenvalue weighted by molar-refractivity contribution is 0.0532. The Bertz CT molecular complexity index is 822. The smallest absolute Gasteiger partial charge is 0.253 e. The third kappa shape index (κ3) is 4.52. The van der Waals surface area contributed by atoms with E-state index in [0.717, 1.165) is 6.42 Å². The highest BCUT2D eigenvalue weighted by Crippen LogP contribution is 2.29. The van der Waals surface area contributed by atoms with E-state index in [1.165, 1.54) is 10.4 Å². The fourth-order valence-corrected chi connectivity index (χ4v) is 5.33. The molecule has 1 atom stereocenters. The number of morpholine rings is 1. The zero-order valence-corrected chi connectivity index (χ0v) is 18.3. The molecule has 0 radical (unpaired) electrons. The average molecular weight is 432 g/mol. The van der Waals surface area contributed by atoms with Gasteiger partial charge in [-0.05, 0) is 36.5 Å². The maximum atomic E-state index is 13.0. The lowest BCUT2D eigenvalue weighted by Crippen LogP contribution is -2.54. The van der Waals surface area contributed by atoms with Crippen LogP contribution in [0.3, 0.4) is 0 Å². The highest BCUT2D eigenvalue weighted by Gasteiger charge is 2.36. The molecule has 2 saturated heterocycles. The van der Waals surface area contributed by atoms with Gasteiger partial charge in [-0.15, -0.1) is 12.4 Å². The Balaban J connectivity index is 0.00000280. The summed E-state index contributed by atoms with van der Waals surface area (Å²) in [4.78, 5) is 15.0. The molecule has 158 valence electrons. The molecule has 0 aromatic heterocycles. The molecule has 2 fully saturated rings. The first-order valence-electron chi connectivity index (χ1n) is 9.36. The molecule has 28 heavy (non-hydrogen) atoms. The summed E-state index contributed by atoms with van der Waals surface area (Å²) in [6, 6.07) is 4.99. The maximum Gasteiger partial charge on any atom is 0.253 e. The van der Waals surface area contributed by atoms with Crippen LogP contribution >= 0.6 is 12.4 Å². The number of sulfonamides is 1. The Morgan fingerprint density at radius 1 is 1.21 bits per heavy atom. The topological polar surface area (TPSA) is 92.9 Å². The van der Waals surface area contributed by atoms with Crippen LogP contribution in [0.5, 0.6) is 0 Å². The number of nitrogens with two attached hydrogens (primary N) is 1. The minimum absolute atomic E-state index is 0. The number of hydrogen-bond acceptors (Lipinski definition) is 5. The van der Waals surface area contributed by atoms with Gasteiger partial charge in [-0.3, -0.25) is 4.79 Å². The van der Waals surface area contributed by atoms with E-state index < -0.39 is 10.0 Å². The zero-order valence-electron chi connectivity index (χ0n) is 16.7. The summed E-state index contributed by atoms with van der Waals surface area (Å²) >= 11 is 0. The molecule has 0 bridgehead atoms. The second-order valence-electron chi connectivity index (χ2n) is 8.11. The van der Waals surface area contributed by atoms with Crippen molar-refractivity contribution in [3.05, 3.63) is 29.3 Å². The van der Waals surface area contributed by atoms with E-state index in [0.29, 0.717) is 50.5 Å². The number of carbonyl (C=O) groups is 1. The van der Waals surface area contributed by atoms with E-state index in [-0.39, 0.29) is 34.7 Å². The van der Waals surface area contributed by atoms with Crippen LogP contribution in [0, 0.1) is 12.3 Å². The van der Waals surface area contributed by atoms with Crippen LogP contribution in [-0.2, 0) is 14.8 Å². The predicted octanol–water partition coefficient (Wildman–Crippen LogP) is 1.64. The number of hydrogen-bond donors (Lipinski definition) is 1. The number of likely N-dealkylation sites (tertiary alicyclic amines) is 1. The van der Waals surface area contributed by atoms with Crippen LogP contribution in [0.2, 0.25) is 0 Å². The molecule has 2 aliphatic rings. The summed E-state index contributed by atoms with van der Waals surface area (Å²) in [5.74, 6) is -0.145. The van der Waals surface area contributed by atoms with Gasteiger partial charge in [0, 0.05) is 37.8 Å². The fraction of sp³-hybridized carbons (Fsp3) is 0.632. The Hall–Kier alpha value is -1.19. The third-order valence-corrected chi connectivity index (χ3v) is 7.66. The summed E-state index contributed by atoms with van der Waals surface area (Å²) in [7, 11) is -3.65. The van der Waals surface area contributed by atoms with Crippen molar-refractivity contribution >= 4 is 28.3 Å². The molecule has 0 aliphatic carbocycles. The number of amides is 1. The number of nitrogens with zero attached hydrogens (tertiary/aromatic N) is 2. The Kier molecular flexibility index (Phi) is 7.15. The van der Waals surface area contributed by atoms with E-state index in [2.05, 4.69) is 13.8 Å². The number of halogens is 1. The van der Waals surface area contributed by atoms with Gasteiger partial charge in [0.15, 0.2) is 0 Å². The number of ether oxygens (including phenoxy) is 1. The lowest BCUT2D eigenvalue weighted by Gasteiger charge is -2.42. The van der Waals surface area contributed by atoms with Gasteiger partial charge in [-0.2, -0.15) is 4.31 Å². The molecule has 1 aromatic rings. The third-order valence-electron chi connectivity index (χ3n) is 5.62. The summed E-state index contributed by atoms with van der Waals surface area (Å²) in [5.41, 5.74) is 7.04. The highest BCUT2D eigenvalue weighted by molar-refractivity contribution is 7.89. The quantitative estimate of drug-likeness (QED) is 0.785. The van der Waals surface area contributed by atoms with Gasteiger partial charge >= 0.3 is 0 Å². The molecule has 9 heteroatoms. The minimum Gasteiger partial charge on any atom is -0.379 e. The molecule has 3 rings (SSSR count). The first-order chi connectivity index (χ1) is 12.6. The van der Waals surface area contributed by atoms with Crippen LogP contribution in [0.25, 0.3) is 0 Å². The van der Waals surface area contributed by atoms with E-state index in [9.17, 15) is 13.2 Å². The van der Waals surface area contributed by atoms with E-state index in [1.54, 1.807) is 24.0 Å². The molecule has 1 amide bonds. The molecule has 2 N–H and O–H groups in total. The normalized spacial score (nSPS) is 23.1. The van der Waals surface area contributed by atoms with Crippen LogP contribution in [0.1, 0.15) is 36.2 Å². The summed E-state index contributed by atoms with van der Waals surface area (Å²) in [6.07, 6.45) is 0.740. The van der Waals surface area contributed by atoms with Gasteiger partial charge in [-0.25, -0.2) is 8.42 Å². The molecular weight excluding hydrogens is 402 g/mol. The number of benzene rings is 1. The summed E-state index contributed by atoms with van der Waals surface area (Å²) < 4.78 is 32.7. The van der Waals surface area contributed by atoms with E-state index >= 15 is 0 Å². The Morgan fingerprint density at radius 2 is 1.86 bits per heavy atom. The zero-order chi connectivity index (χ0) is 19.8. The summed E-state index contributed by atoms with van der Waals surface area (Å²) in [6.45, 7) is 8.46. The van der Waals surface area contributed by atoms with E-state index in [1.807, 2.05) is 0 Å². The largest absolute Gasteiger partial charge is 0.379 e. The second kappa shape index (κ2) is 8.67. The van der Waals surface area contributed by atoms with Gasteiger partial charge in [0.05, 0.1) is 18.1 Å². The van der Waals surface area contributed by atoms with Gasteiger partial charge in [0.2, 0.25) is 10.0 Å². The highest BCUT2D eigenvalue weighted by atomic mass is 35.5. The number of piperidine rings is 1. The standard InChI is InChI=1S/C19H29N3O4S.ClH/c1-14-4-5-15(18(23)21-7-6-17(20)19(2,3)13-21)12-16(14)27(24,25)22-8-10-26-11-9-22;/h4-5,12,17H,6-11,13,20H2,1-3H3;1H. The van der Waals surface area contributed by atoms with Gasteiger partial charge in [-0.1, -0.05) is 19.9 Å². The molecule has 1 aromatic carbocycles. The van der Waals surface area contributed by atoms with Crippen molar-refractivity contribution in [2.24, 2.45) is 11.1 Å². The SMILES string of the molecule is Cc1ccc(C(=O)N2CCC(N)C(C)(C)C2)cc1S(=O)(=O)N1CCOCC1.Cl. The number of aryl methyl sites for hydroxylation is 1. The number of rotatable bonds is 3. The first kappa shape index (κ1) is 23.1. The van der Waals surface area contributed by atoms with Crippen LogP contribution in [-0.4, -0.2) is 69.0 Å². The van der Waals surface area contributed by atoms with Crippen molar-refractivity contribution in [2.45, 2.75) is 38.1 Å². The first-order valence-corrected chi connectivity index (χ1v) is 10.8. The van der Waals surface area contributed by atoms with Crippen LogP contribution in [0.15, 0.2) is 23.1 Å². The molecule has 0 saturated carbocycles. The van der Waals surface area contributed by atoms with Gasteiger partial charge in [0.25, 0.3) is 5.91 Å². The predicted molar refractivity (Wildman–Crippen MR) is 110 cm³/mol. The van der Waals surface area contributed by atoms with Crippen LogP contribution in [0.4, 0.5) is 0 Å². The molecule has 2 aliphatic heterocycles. The van der Waals surface area contributed by atoms with Crippen molar-refractivity contribution in [3.8, 4) is 0 Å². The number of carbonyl (C=O) groups excluding carboxylic acids is 1. The van der Waals surface area contributed by atoms with E-state index in [4.69, 9.17) is 10.5 Å². The second-order valence-corrected chi connectivity index (χ2v) is 10.0. The lowest BCUT2D eigenvalue weighted by atomic mass is 9.79.